The first-order chi connectivity index (χ1) is 37.6. The topological polar surface area (TPSA) is 3.24 Å². The molecular formula is C76H63N. The van der Waals surface area contributed by atoms with Gasteiger partial charge in [-0.3, -0.25) is 0 Å². The minimum Gasteiger partial charge on any atom is -0.310 e. The third-order valence-corrected chi connectivity index (χ3v) is 17.8. The fourth-order valence-electron chi connectivity index (χ4n) is 14.1. The van der Waals surface area contributed by atoms with Crippen LogP contribution >= 0.6 is 0 Å². The zero-order chi connectivity index (χ0) is 52.2. The van der Waals surface area contributed by atoms with Gasteiger partial charge in [0.05, 0.1) is 11.1 Å². The van der Waals surface area contributed by atoms with Crippen molar-refractivity contribution in [3.8, 4) is 66.8 Å². The van der Waals surface area contributed by atoms with Gasteiger partial charge in [-0.2, -0.15) is 0 Å². The highest BCUT2D eigenvalue weighted by Crippen LogP contribution is 2.64. The van der Waals surface area contributed by atoms with Crippen molar-refractivity contribution < 1.29 is 0 Å². The average molecular weight is 990 g/mol. The summed E-state index contributed by atoms with van der Waals surface area (Å²) in [5.41, 5.74) is 27.6. The van der Waals surface area contributed by atoms with E-state index in [2.05, 4.69) is 289 Å². The van der Waals surface area contributed by atoms with Crippen LogP contribution in [-0.4, -0.2) is 0 Å². The molecule has 11 aromatic rings. The molecule has 1 spiro atoms. The molecule has 2 atom stereocenters. The molecule has 0 amide bonds. The number of anilines is 3. The Morgan fingerprint density at radius 1 is 0.338 bits per heavy atom. The summed E-state index contributed by atoms with van der Waals surface area (Å²) in [6.07, 6.45) is 1.20. The van der Waals surface area contributed by atoms with E-state index in [-0.39, 0.29) is 5.41 Å². The highest BCUT2D eigenvalue weighted by atomic mass is 15.1. The first kappa shape index (κ1) is 47.0. The molecule has 11 aromatic carbocycles. The van der Waals surface area contributed by atoms with Crippen LogP contribution in [0.2, 0.25) is 0 Å². The van der Waals surface area contributed by atoms with Crippen molar-refractivity contribution in [2.75, 3.05) is 4.90 Å². The zero-order valence-corrected chi connectivity index (χ0v) is 45.0. The van der Waals surface area contributed by atoms with Crippen molar-refractivity contribution in [2.45, 2.75) is 64.7 Å². The van der Waals surface area contributed by atoms with Gasteiger partial charge >= 0.3 is 0 Å². The third kappa shape index (κ3) is 7.27. The van der Waals surface area contributed by atoms with Crippen LogP contribution in [0.5, 0.6) is 0 Å². The number of fused-ring (bicyclic) bond motifs is 14. The molecule has 3 aliphatic rings. The molecule has 0 bridgehead atoms. The van der Waals surface area contributed by atoms with Crippen molar-refractivity contribution in [1.82, 2.24) is 0 Å². The first-order valence-corrected chi connectivity index (χ1v) is 27.9. The van der Waals surface area contributed by atoms with Gasteiger partial charge in [0.2, 0.25) is 0 Å². The van der Waals surface area contributed by atoms with Crippen LogP contribution in [0.15, 0.2) is 243 Å². The van der Waals surface area contributed by atoms with Crippen molar-refractivity contribution in [3.05, 3.63) is 282 Å². The van der Waals surface area contributed by atoms with Crippen molar-refractivity contribution in [3.63, 3.8) is 0 Å². The Balaban J connectivity index is 0.925. The van der Waals surface area contributed by atoms with Crippen LogP contribution in [0, 0.1) is 11.8 Å². The van der Waals surface area contributed by atoms with Gasteiger partial charge in [0, 0.05) is 22.2 Å². The minimum absolute atomic E-state index is 0.140. The lowest BCUT2D eigenvalue weighted by Crippen LogP contribution is -2.26. The second-order valence-electron chi connectivity index (χ2n) is 23.3. The van der Waals surface area contributed by atoms with E-state index < -0.39 is 5.41 Å². The van der Waals surface area contributed by atoms with Crippen LogP contribution < -0.4 is 4.90 Å². The molecule has 0 aromatic heterocycles. The summed E-state index contributed by atoms with van der Waals surface area (Å²) < 4.78 is 0. The molecule has 2 unspecified atom stereocenters. The normalized spacial score (nSPS) is 15.5. The highest BCUT2D eigenvalue weighted by Gasteiger charge is 2.52. The predicted molar refractivity (Wildman–Crippen MR) is 326 cm³/mol. The molecular weight excluding hydrogens is 927 g/mol. The minimum atomic E-state index is -0.497. The molecule has 14 rings (SSSR count). The SMILES string of the molecule is CC(C)CC(c1ccc(-c2ccc3c(c2)C2(c4ccccc4-3)c3ccccc3-c3ccc(-c4ccc(N(c5ccc(-c6ccccc6)cc5)c5ccc6c(c5)C(C)(C)c5ccccc5-6)c5ccccc45)cc32)cc1)C(C)C. The van der Waals surface area contributed by atoms with Gasteiger partial charge in [0.1, 0.15) is 0 Å². The molecule has 0 fully saturated rings. The number of benzene rings is 11. The maximum absolute atomic E-state index is 2.55. The molecule has 77 heavy (non-hydrogen) atoms. The molecule has 0 saturated heterocycles. The number of rotatable bonds is 10. The molecule has 0 saturated carbocycles. The largest absolute Gasteiger partial charge is 0.310 e. The van der Waals surface area contributed by atoms with Crippen LogP contribution in [0.4, 0.5) is 17.1 Å². The standard InChI is InChI=1S/C76H63N/c1-48(2)44-67(49(3)4)53-30-28-52(29-31-53)54-34-39-64-61-22-13-16-26-69(61)76(72(64)45-54)70-27-17-14-23-62(70)65-40-35-55(46-73(65)76)58-42-43-74(66-24-11-10-20-59(58)66)77(56-36-32-51(33-37-56)50-18-8-7-9-19-50)57-38-41-63-60-21-12-15-25-68(60)75(5,6)71(63)47-57/h7-43,45-49,67H,44H2,1-6H3. The molecule has 0 radical (unpaired) electrons. The lowest BCUT2D eigenvalue weighted by atomic mass is 9.70. The van der Waals surface area contributed by atoms with E-state index in [0.717, 1.165) is 17.1 Å². The molecule has 0 heterocycles. The van der Waals surface area contributed by atoms with Gasteiger partial charge in [-0.25, -0.2) is 0 Å². The summed E-state index contributed by atoms with van der Waals surface area (Å²) in [5.74, 6) is 1.79. The summed E-state index contributed by atoms with van der Waals surface area (Å²) in [7, 11) is 0. The van der Waals surface area contributed by atoms with E-state index in [1.165, 1.54) is 123 Å². The molecule has 372 valence electrons. The first-order valence-electron chi connectivity index (χ1n) is 27.9. The van der Waals surface area contributed by atoms with Crippen molar-refractivity contribution in [2.24, 2.45) is 11.8 Å². The van der Waals surface area contributed by atoms with Crippen LogP contribution in [0.25, 0.3) is 77.5 Å². The van der Waals surface area contributed by atoms with Crippen LogP contribution in [0.1, 0.15) is 92.8 Å². The Morgan fingerprint density at radius 3 is 1.44 bits per heavy atom. The molecule has 0 aliphatic heterocycles. The van der Waals surface area contributed by atoms with E-state index in [9.17, 15) is 0 Å². The zero-order valence-electron chi connectivity index (χ0n) is 45.0. The summed E-state index contributed by atoms with van der Waals surface area (Å²) in [4.78, 5) is 2.49. The Bertz CT molecular complexity index is 4090. The fourth-order valence-corrected chi connectivity index (χ4v) is 14.1. The average Bonchev–Trinajstić information content (AvgIpc) is 3.63. The van der Waals surface area contributed by atoms with E-state index in [4.69, 9.17) is 0 Å². The summed E-state index contributed by atoms with van der Waals surface area (Å²) in [5, 5.41) is 2.43. The van der Waals surface area contributed by atoms with E-state index >= 15 is 0 Å². The molecule has 1 heteroatoms. The van der Waals surface area contributed by atoms with Gasteiger partial charge in [0.15, 0.2) is 0 Å². The maximum atomic E-state index is 2.55. The molecule has 1 nitrogen and oxygen atoms in total. The van der Waals surface area contributed by atoms with Gasteiger partial charge in [-0.1, -0.05) is 242 Å². The van der Waals surface area contributed by atoms with Gasteiger partial charge in [-0.15, -0.1) is 0 Å². The summed E-state index contributed by atoms with van der Waals surface area (Å²) in [6, 6.07) is 92.3. The fraction of sp³-hybridized carbons (Fsp3) is 0.158. The Hall–Kier alpha value is -8.52. The van der Waals surface area contributed by atoms with Crippen molar-refractivity contribution >= 4 is 27.8 Å². The maximum Gasteiger partial charge on any atom is 0.0725 e. The number of nitrogens with zero attached hydrogens (tertiary/aromatic N) is 1. The monoisotopic (exact) mass is 989 g/mol. The van der Waals surface area contributed by atoms with Gasteiger partial charge < -0.3 is 4.90 Å². The number of hydrogen-bond acceptors (Lipinski definition) is 1. The van der Waals surface area contributed by atoms with Crippen LogP contribution in [0.3, 0.4) is 0 Å². The second kappa shape index (κ2) is 18.1. The van der Waals surface area contributed by atoms with Crippen molar-refractivity contribution in [1.29, 1.82) is 0 Å². The van der Waals surface area contributed by atoms with Gasteiger partial charge in [-0.05, 0) is 178 Å². The Morgan fingerprint density at radius 2 is 0.792 bits per heavy atom. The number of hydrogen-bond donors (Lipinski definition) is 0. The van der Waals surface area contributed by atoms with Crippen LogP contribution in [-0.2, 0) is 10.8 Å². The van der Waals surface area contributed by atoms with Gasteiger partial charge in [0.25, 0.3) is 0 Å². The van der Waals surface area contributed by atoms with E-state index in [1.54, 1.807) is 0 Å². The van der Waals surface area contributed by atoms with E-state index in [0.29, 0.717) is 17.8 Å². The smallest absolute Gasteiger partial charge is 0.0725 e. The summed E-state index contributed by atoms with van der Waals surface area (Å²) in [6.45, 7) is 14.2. The van der Waals surface area contributed by atoms with E-state index in [1.807, 2.05) is 0 Å². The Labute approximate surface area is 455 Å². The molecule has 3 aliphatic carbocycles. The summed E-state index contributed by atoms with van der Waals surface area (Å²) >= 11 is 0. The predicted octanol–water partition coefficient (Wildman–Crippen LogP) is 20.7. The third-order valence-electron chi connectivity index (χ3n) is 17.8. The Kier molecular flexibility index (Phi) is 11.0. The lowest BCUT2D eigenvalue weighted by molar-refractivity contribution is 0.408. The second-order valence-corrected chi connectivity index (χ2v) is 23.3. The molecule has 0 N–H and O–H groups in total. The lowest BCUT2D eigenvalue weighted by Gasteiger charge is -2.31. The quantitative estimate of drug-likeness (QED) is 0.132. The highest BCUT2D eigenvalue weighted by molar-refractivity contribution is 6.07.